The molecule has 0 saturated carbocycles. The second kappa shape index (κ2) is 7.22. The number of carbonyl (C=O) groups is 2. The maximum Gasteiger partial charge on any atom is 0.224 e. The van der Waals surface area contributed by atoms with Gasteiger partial charge in [-0.15, -0.1) is 0 Å². The molecule has 1 saturated heterocycles. The Hall–Kier alpha value is -1.88. The van der Waals surface area contributed by atoms with Gasteiger partial charge in [-0.05, 0) is 18.4 Å². The number of benzene rings is 1. The van der Waals surface area contributed by atoms with Crippen LogP contribution in [-0.4, -0.2) is 35.8 Å². The lowest BCUT2D eigenvalue weighted by Crippen LogP contribution is -2.44. The lowest BCUT2D eigenvalue weighted by molar-refractivity contribution is -0.133. The molecular formula is C16H23N3O2. The zero-order valence-corrected chi connectivity index (χ0v) is 12.4. The van der Waals surface area contributed by atoms with Crippen LogP contribution in [0.15, 0.2) is 30.3 Å². The summed E-state index contributed by atoms with van der Waals surface area (Å²) >= 11 is 0. The first kappa shape index (κ1) is 15.5. The summed E-state index contributed by atoms with van der Waals surface area (Å²) in [6.07, 6.45) is 1.99. The van der Waals surface area contributed by atoms with Crippen molar-refractivity contribution in [1.82, 2.24) is 10.2 Å². The average molecular weight is 289 g/mol. The molecule has 5 heteroatoms. The van der Waals surface area contributed by atoms with Crippen LogP contribution in [0.25, 0.3) is 0 Å². The van der Waals surface area contributed by atoms with E-state index in [9.17, 15) is 9.59 Å². The highest BCUT2D eigenvalue weighted by Gasteiger charge is 2.24. The van der Waals surface area contributed by atoms with E-state index in [1.165, 1.54) is 6.92 Å². The van der Waals surface area contributed by atoms with Crippen molar-refractivity contribution in [3.8, 4) is 0 Å². The molecule has 21 heavy (non-hydrogen) atoms. The number of rotatable bonds is 4. The number of hydrogen-bond donors (Lipinski definition) is 2. The van der Waals surface area contributed by atoms with E-state index in [0.29, 0.717) is 19.5 Å². The maximum absolute atomic E-state index is 12.4. The summed E-state index contributed by atoms with van der Waals surface area (Å²) in [4.78, 5) is 25.6. The quantitative estimate of drug-likeness (QED) is 0.874. The van der Waals surface area contributed by atoms with Crippen molar-refractivity contribution in [3.63, 3.8) is 0 Å². The molecule has 1 aliphatic heterocycles. The van der Waals surface area contributed by atoms with Crippen LogP contribution < -0.4 is 11.1 Å². The van der Waals surface area contributed by atoms with Gasteiger partial charge in [0, 0.05) is 26.1 Å². The zero-order chi connectivity index (χ0) is 15.2. The second-order valence-corrected chi connectivity index (χ2v) is 5.59. The number of likely N-dealkylation sites (tertiary alicyclic amines) is 1. The van der Waals surface area contributed by atoms with Gasteiger partial charge in [-0.3, -0.25) is 9.59 Å². The number of nitrogens with one attached hydrogen (secondary N) is 1. The number of nitrogens with two attached hydrogens (primary N) is 1. The monoisotopic (exact) mass is 289 g/mol. The predicted octanol–water partition coefficient (Wildman–Crippen LogP) is 1.20. The molecule has 2 amide bonds. The molecule has 0 bridgehead atoms. The summed E-state index contributed by atoms with van der Waals surface area (Å²) in [6, 6.07) is 9.53. The summed E-state index contributed by atoms with van der Waals surface area (Å²) < 4.78 is 0. The molecule has 0 spiro atoms. The molecule has 1 aromatic rings. The van der Waals surface area contributed by atoms with Gasteiger partial charge in [0.15, 0.2) is 0 Å². The topological polar surface area (TPSA) is 75.4 Å². The van der Waals surface area contributed by atoms with Gasteiger partial charge < -0.3 is 16.0 Å². The van der Waals surface area contributed by atoms with Crippen molar-refractivity contribution in [2.75, 3.05) is 13.1 Å². The van der Waals surface area contributed by atoms with Crippen molar-refractivity contribution in [2.24, 2.45) is 5.73 Å². The number of hydrogen-bond acceptors (Lipinski definition) is 3. The largest absolute Gasteiger partial charge is 0.349 e. The standard InChI is InChI=1S/C16H23N3O2/c1-12(20)18-15(13-5-3-2-4-6-13)11-16(21)19-9-7-14(17)8-10-19/h2-6,14-15H,7-11,17H2,1H3,(H,18,20). The fraction of sp³-hybridized carbons (Fsp3) is 0.500. The summed E-state index contributed by atoms with van der Waals surface area (Å²) in [6.45, 7) is 2.89. The molecule has 3 N–H and O–H groups in total. The normalized spacial score (nSPS) is 17.3. The summed E-state index contributed by atoms with van der Waals surface area (Å²) in [5, 5.41) is 2.86. The van der Waals surface area contributed by atoms with Crippen LogP contribution in [0, 0.1) is 0 Å². The van der Waals surface area contributed by atoms with Gasteiger partial charge in [0.25, 0.3) is 0 Å². The van der Waals surface area contributed by atoms with Crippen LogP contribution in [0.5, 0.6) is 0 Å². The minimum atomic E-state index is -0.271. The van der Waals surface area contributed by atoms with Crippen molar-refractivity contribution < 1.29 is 9.59 Å². The van der Waals surface area contributed by atoms with E-state index in [1.54, 1.807) is 0 Å². The number of carbonyl (C=O) groups excluding carboxylic acids is 2. The third kappa shape index (κ3) is 4.56. The molecule has 1 unspecified atom stereocenters. The van der Waals surface area contributed by atoms with E-state index in [0.717, 1.165) is 18.4 Å². The van der Waals surface area contributed by atoms with E-state index in [1.807, 2.05) is 35.2 Å². The molecule has 2 rings (SSSR count). The van der Waals surface area contributed by atoms with Gasteiger partial charge in [-0.1, -0.05) is 30.3 Å². The molecule has 0 aromatic heterocycles. The minimum Gasteiger partial charge on any atom is -0.349 e. The van der Waals surface area contributed by atoms with Crippen LogP contribution >= 0.6 is 0 Å². The number of nitrogens with zero attached hydrogens (tertiary/aromatic N) is 1. The van der Waals surface area contributed by atoms with Crippen LogP contribution in [0.3, 0.4) is 0 Å². The van der Waals surface area contributed by atoms with Gasteiger partial charge in [-0.2, -0.15) is 0 Å². The van der Waals surface area contributed by atoms with Crippen LogP contribution in [0.1, 0.15) is 37.8 Å². The lowest BCUT2D eigenvalue weighted by atomic mass is 10.0. The molecule has 1 atom stereocenters. The Kier molecular flexibility index (Phi) is 5.33. The molecule has 0 aliphatic carbocycles. The first-order valence-corrected chi connectivity index (χ1v) is 7.41. The Labute approximate surface area is 125 Å². The summed E-state index contributed by atoms with van der Waals surface area (Å²) in [7, 11) is 0. The third-order valence-electron chi connectivity index (χ3n) is 3.85. The molecule has 1 heterocycles. The van der Waals surface area contributed by atoms with E-state index in [4.69, 9.17) is 5.73 Å². The molecule has 0 radical (unpaired) electrons. The highest BCUT2D eigenvalue weighted by Crippen LogP contribution is 2.19. The molecular weight excluding hydrogens is 266 g/mol. The molecule has 1 aromatic carbocycles. The van der Waals surface area contributed by atoms with Crippen molar-refractivity contribution >= 4 is 11.8 Å². The summed E-state index contributed by atoms with van der Waals surface area (Å²) in [5.74, 6) is -0.0539. The minimum absolute atomic E-state index is 0.0736. The van der Waals surface area contributed by atoms with E-state index in [-0.39, 0.29) is 23.9 Å². The lowest BCUT2D eigenvalue weighted by Gasteiger charge is -2.31. The summed E-state index contributed by atoms with van der Waals surface area (Å²) in [5.41, 5.74) is 6.81. The fourth-order valence-electron chi connectivity index (χ4n) is 2.64. The smallest absolute Gasteiger partial charge is 0.224 e. The number of piperidine rings is 1. The highest BCUT2D eigenvalue weighted by molar-refractivity contribution is 5.79. The Bertz CT molecular complexity index is 482. The van der Waals surface area contributed by atoms with Crippen LogP contribution in [-0.2, 0) is 9.59 Å². The second-order valence-electron chi connectivity index (χ2n) is 5.59. The van der Waals surface area contributed by atoms with Gasteiger partial charge in [0.2, 0.25) is 11.8 Å². The Balaban J connectivity index is 2.01. The first-order valence-electron chi connectivity index (χ1n) is 7.41. The zero-order valence-electron chi connectivity index (χ0n) is 12.4. The molecule has 5 nitrogen and oxygen atoms in total. The Morgan fingerprint density at radius 3 is 2.48 bits per heavy atom. The van der Waals surface area contributed by atoms with Crippen molar-refractivity contribution in [2.45, 2.75) is 38.3 Å². The van der Waals surface area contributed by atoms with Crippen LogP contribution in [0.4, 0.5) is 0 Å². The fourth-order valence-corrected chi connectivity index (χ4v) is 2.64. The Morgan fingerprint density at radius 2 is 1.90 bits per heavy atom. The van der Waals surface area contributed by atoms with Gasteiger partial charge in [0.05, 0.1) is 12.5 Å². The number of amides is 2. The van der Waals surface area contributed by atoms with Crippen LogP contribution in [0.2, 0.25) is 0 Å². The van der Waals surface area contributed by atoms with Crippen molar-refractivity contribution in [3.05, 3.63) is 35.9 Å². The SMILES string of the molecule is CC(=O)NC(CC(=O)N1CCC(N)CC1)c1ccccc1. The third-order valence-corrected chi connectivity index (χ3v) is 3.85. The molecule has 114 valence electrons. The van der Waals surface area contributed by atoms with Gasteiger partial charge in [-0.25, -0.2) is 0 Å². The van der Waals surface area contributed by atoms with E-state index >= 15 is 0 Å². The van der Waals surface area contributed by atoms with E-state index in [2.05, 4.69) is 5.32 Å². The predicted molar refractivity (Wildman–Crippen MR) is 81.4 cm³/mol. The van der Waals surface area contributed by atoms with Gasteiger partial charge in [0.1, 0.15) is 0 Å². The average Bonchev–Trinajstić information content (AvgIpc) is 2.47. The first-order chi connectivity index (χ1) is 10.1. The van der Waals surface area contributed by atoms with Crippen molar-refractivity contribution in [1.29, 1.82) is 0 Å². The Morgan fingerprint density at radius 1 is 1.29 bits per heavy atom. The molecule has 1 aliphatic rings. The highest BCUT2D eigenvalue weighted by atomic mass is 16.2. The van der Waals surface area contributed by atoms with E-state index < -0.39 is 0 Å². The maximum atomic E-state index is 12.4. The van der Waals surface area contributed by atoms with Gasteiger partial charge >= 0.3 is 0 Å². The molecule has 1 fully saturated rings.